The number of hydrogen-bond acceptors (Lipinski definition) is 3. The number of urea groups is 1. The minimum atomic E-state index is -0.962. The number of rotatable bonds is 5. The Kier molecular flexibility index (Phi) is 5.40. The van der Waals surface area contributed by atoms with Gasteiger partial charge in [-0.3, -0.25) is 0 Å². The molecule has 0 aromatic rings. The number of nitrogens with one attached hydrogen (secondary N) is 1. The molecule has 1 heterocycles. The quantitative estimate of drug-likeness (QED) is 0.749. The maximum atomic E-state index is 11.8. The van der Waals surface area contributed by atoms with Crippen LogP contribution in [-0.4, -0.2) is 66.7 Å². The molecule has 2 atom stereocenters. The zero-order chi connectivity index (χ0) is 13.7. The fourth-order valence-electron chi connectivity index (χ4n) is 2.30. The van der Waals surface area contributed by atoms with Gasteiger partial charge in [-0.1, -0.05) is 6.92 Å². The molecule has 0 bridgehead atoms. The van der Waals surface area contributed by atoms with Crippen molar-refractivity contribution in [3.63, 3.8) is 0 Å². The monoisotopic (exact) mass is 257 g/mol. The molecule has 0 aromatic heterocycles. The molecular formula is C12H23N3O3. The molecule has 2 amide bonds. The van der Waals surface area contributed by atoms with Gasteiger partial charge in [0, 0.05) is 20.1 Å². The Morgan fingerprint density at radius 2 is 2.22 bits per heavy atom. The van der Waals surface area contributed by atoms with Gasteiger partial charge in [-0.15, -0.1) is 0 Å². The predicted octanol–water partition coefficient (Wildman–Crippen LogP) is 0.443. The van der Waals surface area contributed by atoms with Crippen LogP contribution in [-0.2, 0) is 4.79 Å². The van der Waals surface area contributed by atoms with E-state index in [1.54, 1.807) is 6.92 Å². The maximum Gasteiger partial charge on any atom is 0.326 e. The molecule has 1 aliphatic rings. The van der Waals surface area contributed by atoms with E-state index in [-0.39, 0.29) is 6.03 Å². The Labute approximate surface area is 108 Å². The van der Waals surface area contributed by atoms with Crippen molar-refractivity contribution in [3.05, 3.63) is 0 Å². The molecule has 0 spiro atoms. The Bertz CT molecular complexity index is 309. The van der Waals surface area contributed by atoms with Crippen LogP contribution in [0, 0.1) is 5.92 Å². The second-order valence-electron chi connectivity index (χ2n) is 4.98. The highest BCUT2D eigenvalue weighted by atomic mass is 16.4. The lowest BCUT2D eigenvalue weighted by Gasteiger charge is -2.24. The lowest BCUT2D eigenvalue weighted by Crippen LogP contribution is -2.48. The van der Waals surface area contributed by atoms with E-state index in [0.29, 0.717) is 18.9 Å². The molecule has 6 heteroatoms. The summed E-state index contributed by atoms with van der Waals surface area (Å²) in [6.07, 6.45) is 1.49. The first kappa shape index (κ1) is 14.8. The summed E-state index contributed by atoms with van der Waals surface area (Å²) in [7, 11) is 3.59. The number of hydrogen-bond donors (Lipinski definition) is 2. The first-order valence-electron chi connectivity index (χ1n) is 6.37. The normalized spacial score (nSPS) is 21.6. The van der Waals surface area contributed by atoms with E-state index in [1.165, 1.54) is 11.9 Å². The van der Waals surface area contributed by atoms with Crippen LogP contribution in [0.1, 0.15) is 19.8 Å². The van der Waals surface area contributed by atoms with E-state index in [9.17, 15) is 9.59 Å². The molecule has 0 saturated carbocycles. The third kappa shape index (κ3) is 3.87. The lowest BCUT2D eigenvalue weighted by atomic mass is 10.1. The second-order valence-corrected chi connectivity index (χ2v) is 4.98. The average molecular weight is 257 g/mol. The Balaban J connectivity index is 2.37. The van der Waals surface area contributed by atoms with E-state index in [4.69, 9.17) is 5.11 Å². The molecule has 1 aliphatic heterocycles. The zero-order valence-corrected chi connectivity index (χ0v) is 11.3. The fourth-order valence-corrected chi connectivity index (χ4v) is 2.30. The minimum Gasteiger partial charge on any atom is -0.480 e. The molecule has 2 unspecified atom stereocenters. The molecular weight excluding hydrogens is 234 g/mol. The molecule has 1 saturated heterocycles. The van der Waals surface area contributed by atoms with E-state index in [1.807, 2.05) is 0 Å². The van der Waals surface area contributed by atoms with Gasteiger partial charge in [0.15, 0.2) is 0 Å². The smallest absolute Gasteiger partial charge is 0.326 e. The van der Waals surface area contributed by atoms with Crippen LogP contribution in [0.3, 0.4) is 0 Å². The molecule has 6 nitrogen and oxygen atoms in total. The van der Waals surface area contributed by atoms with E-state index in [2.05, 4.69) is 17.3 Å². The highest BCUT2D eigenvalue weighted by molar-refractivity contribution is 5.82. The van der Waals surface area contributed by atoms with Gasteiger partial charge in [-0.2, -0.15) is 0 Å². The number of carbonyl (C=O) groups excluding carboxylic acids is 1. The van der Waals surface area contributed by atoms with E-state index in [0.717, 1.165) is 19.5 Å². The Hall–Kier alpha value is -1.30. The number of likely N-dealkylation sites (N-methyl/N-ethyl adjacent to an activating group) is 1. The van der Waals surface area contributed by atoms with E-state index < -0.39 is 12.0 Å². The molecule has 1 fully saturated rings. The van der Waals surface area contributed by atoms with Gasteiger partial charge < -0.3 is 20.2 Å². The van der Waals surface area contributed by atoms with Crippen molar-refractivity contribution >= 4 is 12.0 Å². The highest BCUT2D eigenvalue weighted by Crippen LogP contribution is 2.13. The predicted molar refractivity (Wildman–Crippen MR) is 68.5 cm³/mol. The number of carboxylic acid groups (broad SMARTS) is 1. The van der Waals surface area contributed by atoms with Crippen molar-refractivity contribution in [1.29, 1.82) is 0 Å². The van der Waals surface area contributed by atoms with Crippen molar-refractivity contribution in [2.75, 3.05) is 33.7 Å². The summed E-state index contributed by atoms with van der Waals surface area (Å²) in [5, 5.41) is 11.8. The molecule has 2 N–H and O–H groups in total. The van der Waals surface area contributed by atoms with Crippen molar-refractivity contribution in [1.82, 2.24) is 15.1 Å². The van der Waals surface area contributed by atoms with Gasteiger partial charge in [0.05, 0.1) is 0 Å². The van der Waals surface area contributed by atoms with Crippen molar-refractivity contribution in [2.45, 2.75) is 25.8 Å². The summed E-state index contributed by atoms with van der Waals surface area (Å²) in [6, 6.07) is -1.06. The minimum absolute atomic E-state index is 0.307. The lowest BCUT2D eigenvalue weighted by molar-refractivity contribution is -0.141. The summed E-state index contributed by atoms with van der Waals surface area (Å²) in [6.45, 7) is 4.42. The topological polar surface area (TPSA) is 72.9 Å². The van der Waals surface area contributed by atoms with Gasteiger partial charge in [0.1, 0.15) is 6.04 Å². The van der Waals surface area contributed by atoms with Gasteiger partial charge in [0.25, 0.3) is 0 Å². The Morgan fingerprint density at radius 3 is 2.67 bits per heavy atom. The first-order chi connectivity index (χ1) is 8.45. The van der Waals surface area contributed by atoms with E-state index >= 15 is 0 Å². The van der Waals surface area contributed by atoms with Crippen molar-refractivity contribution < 1.29 is 14.7 Å². The van der Waals surface area contributed by atoms with Gasteiger partial charge in [-0.05, 0) is 32.4 Å². The summed E-state index contributed by atoms with van der Waals surface area (Å²) in [5.74, 6) is -0.493. The number of carbonyl (C=O) groups is 2. The van der Waals surface area contributed by atoms with Crippen LogP contribution < -0.4 is 5.32 Å². The number of likely N-dealkylation sites (tertiary alicyclic amines) is 1. The standard InChI is InChI=1S/C12H23N3O3/c1-4-10(11(16)17)15(3)12(18)13-7-9-5-6-14(2)8-9/h9-10H,4-8H2,1-3H3,(H,13,18)(H,16,17). The zero-order valence-electron chi connectivity index (χ0n) is 11.3. The van der Waals surface area contributed by atoms with Crippen LogP contribution in [0.4, 0.5) is 4.79 Å². The number of amides is 2. The number of carboxylic acids is 1. The SMILES string of the molecule is CCC(C(=O)O)N(C)C(=O)NCC1CCN(C)C1. The maximum absolute atomic E-state index is 11.8. The van der Waals surface area contributed by atoms with Gasteiger partial charge in [-0.25, -0.2) is 9.59 Å². The largest absolute Gasteiger partial charge is 0.480 e. The highest BCUT2D eigenvalue weighted by Gasteiger charge is 2.26. The summed E-state index contributed by atoms with van der Waals surface area (Å²) >= 11 is 0. The average Bonchev–Trinajstić information content (AvgIpc) is 2.72. The second kappa shape index (κ2) is 6.58. The summed E-state index contributed by atoms with van der Waals surface area (Å²) in [5.41, 5.74) is 0. The van der Waals surface area contributed by atoms with Crippen molar-refractivity contribution in [2.24, 2.45) is 5.92 Å². The third-order valence-corrected chi connectivity index (χ3v) is 3.49. The number of nitrogens with zero attached hydrogens (tertiary/aromatic N) is 2. The fraction of sp³-hybridized carbons (Fsp3) is 0.833. The molecule has 0 aliphatic carbocycles. The number of aliphatic carboxylic acids is 1. The summed E-state index contributed by atoms with van der Waals surface area (Å²) < 4.78 is 0. The van der Waals surface area contributed by atoms with Crippen LogP contribution in [0.25, 0.3) is 0 Å². The van der Waals surface area contributed by atoms with Gasteiger partial charge in [0.2, 0.25) is 0 Å². The third-order valence-electron chi connectivity index (χ3n) is 3.49. The van der Waals surface area contributed by atoms with Crippen LogP contribution in [0.2, 0.25) is 0 Å². The molecule has 1 rings (SSSR count). The van der Waals surface area contributed by atoms with Gasteiger partial charge >= 0.3 is 12.0 Å². The molecule has 0 radical (unpaired) electrons. The van der Waals surface area contributed by atoms with Crippen LogP contribution >= 0.6 is 0 Å². The molecule has 18 heavy (non-hydrogen) atoms. The Morgan fingerprint density at radius 1 is 1.56 bits per heavy atom. The molecule has 104 valence electrons. The van der Waals surface area contributed by atoms with Crippen LogP contribution in [0.15, 0.2) is 0 Å². The first-order valence-corrected chi connectivity index (χ1v) is 6.37. The van der Waals surface area contributed by atoms with Crippen LogP contribution in [0.5, 0.6) is 0 Å². The molecule has 0 aromatic carbocycles. The van der Waals surface area contributed by atoms with Crippen molar-refractivity contribution in [3.8, 4) is 0 Å². The summed E-state index contributed by atoms with van der Waals surface area (Å²) in [4.78, 5) is 26.3.